The van der Waals surface area contributed by atoms with Gasteiger partial charge in [-0.25, -0.2) is 9.78 Å². The molecule has 3 heterocycles. The molecule has 0 fully saturated rings. The molecule has 5 rings (SSSR count). The molecule has 0 radical (unpaired) electrons. The van der Waals surface area contributed by atoms with Crippen molar-refractivity contribution in [2.75, 3.05) is 16.8 Å². The Morgan fingerprint density at radius 3 is 2.32 bits per heavy atom. The van der Waals surface area contributed by atoms with Crippen molar-refractivity contribution in [1.29, 1.82) is 0 Å². The number of carbonyl (C=O) groups is 1. The van der Waals surface area contributed by atoms with Gasteiger partial charge in [-0.2, -0.15) is 0 Å². The van der Waals surface area contributed by atoms with Crippen molar-refractivity contribution < 1.29 is 9.53 Å². The van der Waals surface area contributed by atoms with Gasteiger partial charge in [0.2, 0.25) is 0 Å². The normalized spacial score (nSPS) is 11.4. The Kier molecular flexibility index (Phi) is 10.7. The van der Waals surface area contributed by atoms with E-state index >= 15 is 0 Å². The van der Waals surface area contributed by atoms with Gasteiger partial charge in [0, 0.05) is 41.8 Å². The number of nitrogens with one attached hydrogen (secondary N) is 2. The van der Waals surface area contributed by atoms with E-state index in [2.05, 4.69) is 86.1 Å². The summed E-state index contributed by atoms with van der Waals surface area (Å²) < 4.78 is 6.10. The van der Waals surface area contributed by atoms with Crippen LogP contribution in [0.5, 0.6) is 5.75 Å². The summed E-state index contributed by atoms with van der Waals surface area (Å²) in [5, 5.41) is 4.04. The van der Waals surface area contributed by atoms with Crippen molar-refractivity contribution in [2.45, 2.75) is 72.8 Å². The molecule has 8 nitrogen and oxygen atoms in total. The number of fused-ring (bicyclic) bond motifs is 1. The number of carbonyl (C=O) groups excluding carboxylic acids is 1. The smallest absolute Gasteiger partial charge is 0.326 e. The van der Waals surface area contributed by atoms with Crippen molar-refractivity contribution in [3.8, 4) is 16.9 Å². The maximum Gasteiger partial charge on any atom is 0.326 e. The standard InChI is InChI=1S/C39H45N5O3/c1-25(2)11-10-18-44(35-22-30-14-9-17-41-37(30)43-38(35)45)39(46)42-36-33(26(3)4)20-31(21-34(36)27(5)6)29-13-7-15-32(19-29)47-24-28-12-8-16-40-23-28/h7-9,12-17,19-23,25-27H,10-11,18,24H2,1-6H3,(H,42,46)(H,41,43,45). The number of rotatable bonds is 12. The molecule has 0 aliphatic heterocycles. The van der Waals surface area contributed by atoms with E-state index in [1.165, 1.54) is 0 Å². The second-order valence-electron chi connectivity index (χ2n) is 13.1. The molecule has 0 aliphatic carbocycles. The zero-order chi connectivity index (χ0) is 33.5. The number of hydrogen-bond donors (Lipinski definition) is 2. The van der Waals surface area contributed by atoms with E-state index in [0.29, 0.717) is 30.4 Å². The van der Waals surface area contributed by atoms with Gasteiger partial charge in [0.1, 0.15) is 23.7 Å². The summed E-state index contributed by atoms with van der Waals surface area (Å²) >= 11 is 0. The van der Waals surface area contributed by atoms with Crippen molar-refractivity contribution in [3.05, 3.63) is 112 Å². The fourth-order valence-corrected chi connectivity index (χ4v) is 5.71. The van der Waals surface area contributed by atoms with Gasteiger partial charge < -0.3 is 15.0 Å². The van der Waals surface area contributed by atoms with E-state index in [0.717, 1.165) is 57.5 Å². The second kappa shape index (κ2) is 15.1. The molecule has 244 valence electrons. The van der Waals surface area contributed by atoms with Gasteiger partial charge in [-0.05, 0) is 101 Å². The number of benzene rings is 2. The van der Waals surface area contributed by atoms with E-state index in [9.17, 15) is 9.59 Å². The first-order valence-corrected chi connectivity index (χ1v) is 16.5. The summed E-state index contributed by atoms with van der Waals surface area (Å²) in [5.74, 6) is 1.49. The van der Waals surface area contributed by atoms with Crippen LogP contribution >= 0.6 is 0 Å². The lowest BCUT2D eigenvalue weighted by Gasteiger charge is -2.27. The highest BCUT2D eigenvalue weighted by Gasteiger charge is 2.24. The first-order chi connectivity index (χ1) is 22.6. The van der Waals surface area contributed by atoms with E-state index in [4.69, 9.17) is 4.74 Å². The van der Waals surface area contributed by atoms with Crippen LogP contribution < -0.4 is 20.5 Å². The number of ether oxygens (including phenoxy) is 1. The summed E-state index contributed by atoms with van der Waals surface area (Å²) in [6.45, 7) is 13.7. The van der Waals surface area contributed by atoms with E-state index in [-0.39, 0.29) is 23.4 Å². The van der Waals surface area contributed by atoms with Crippen LogP contribution in [0.25, 0.3) is 22.2 Å². The number of pyridine rings is 3. The number of H-pyrrole nitrogens is 1. The number of aromatic amines is 1. The van der Waals surface area contributed by atoms with Crippen LogP contribution in [0.2, 0.25) is 0 Å². The van der Waals surface area contributed by atoms with E-state index in [1.54, 1.807) is 29.6 Å². The minimum atomic E-state index is -0.343. The molecule has 2 amide bonds. The summed E-state index contributed by atoms with van der Waals surface area (Å²) in [5.41, 5.74) is 6.39. The zero-order valence-corrected chi connectivity index (χ0v) is 28.2. The third-order valence-electron chi connectivity index (χ3n) is 8.27. The van der Waals surface area contributed by atoms with Crippen molar-refractivity contribution in [1.82, 2.24) is 15.0 Å². The summed E-state index contributed by atoms with van der Waals surface area (Å²) in [6.07, 6.45) is 6.90. The van der Waals surface area contributed by atoms with Gasteiger partial charge in [0.25, 0.3) is 5.56 Å². The van der Waals surface area contributed by atoms with Crippen LogP contribution in [0.4, 0.5) is 16.2 Å². The molecule has 2 N–H and O–H groups in total. The average molecular weight is 632 g/mol. The number of anilines is 2. The van der Waals surface area contributed by atoms with Crippen LogP contribution in [0.3, 0.4) is 0 Å². The number of urea groups is 1. The lowest BCUT2D eigenvalue weighted by Crippen LogP contribution is -2.39. The molecular weight excluding hydrogens is 586 g/mol. The molecule has 0 aliphatic rings. The number of nitrogens with zero attached hydrogens (tertiary/aromatic N) is 3. The highest BCUT2D eigenvalue weighted by molar-refractivity contribution is 6.03. The molecule has 0 spiro atoms. The molecule has 0 saturated carbocycles. The molecule has 3 aromatic heterocycles. The highest BCUT2D eigenvalue weighted by atomic mass is 16.5. The van der Waals surface area contributed by atoms with Crippen LogP contribution in [0, 0.1) is 5.92 Å². The third kappa shape index (κ3) is 8.25. The van der Waals surface area contributed by atoms with Gasteiger partial charge >= 0.3 is 6.03 Å². The molecule has 8 heteroatoms. The fourth-order valence-electron chi connectivity index (χ4n) is 5.71. The first kappa shape index (κ1) is 33.4. The quantitative estimate of drug-likeness (QED) is 0.143. The molecule has 47 heavy (non-hydrogen) atoms. The number of aromatic nitrogens is 3. The topological polar surface area (TPSA) is 100 Å². The highest BCUT2D eigenvalue weighted by Crippen LogP contribution is 2.38. The molecule has 2 aromatic carbocycles. The maximum absolute atomic E-state index is 14.2. The Balaban J connectivity index is 1.50. The van der Waals surface area contributed by atoms with Crippen LogP contribution in [-0.4, -0.2) is 27.5 Å². The second-order valence-corrected chi connectivity index (χ2v) is 13.1. The van der Waals surface area contributed by atoms with Crippen molar-refractivity contribution in [2.24, 2.45) is 5.92 Å². The lowest BCUT2D eigenvalue weighted by molar-refractivity contribution is 0.256. The van der Waals surface area contributed by atoms with Crippen molar-refractivity contribution >= 4 is 28.4 Å². The Morgan fingerprint density at radius 2 is 1.64 bits per heavy atom. The first-order valence-electron chi connectivity index (χ1n) is 16.5. The summed E-state index contributed by atoms with van der Waals surface area (Å²) in [4.78, 5) is 40.4. The largest absolute Gasteiger partial charge is 0.489 e. The molecule has 0 bridgehead atoms. The molecule has 5 aromatic rings. The third-order valence-corrected chi connectivity index (χ3v) is 8.27. The average Bonchev–Trinajstić information content (AvgIpc) is 3.06. The molecule has 0 unspecified atom stereocenters. The zero-order valence-electron chi connectivity index (χ0n) is 28.2. The van der Waals surface area contributed by atoms with Crippen LogP contribution in [-0.2, 0) is 6.61 Å². The van der Waals surface area contributed by atoms with Gasteiger partial charge in [0.15, 0.2) is 0 Å². The van der Waals surface area contributed by atoms with E-state index in [1.807, 2.05) is 36.4 Å². The molecule has 0 atom stereocenters. The minimum absolute atomic E-state index is 0.123. The van der Waals surface area contributed by atoms with Gasteiger partial charge in [-0.1, -0.05) is 59.7 Å². The van der Waals surface area contributed by atoms with Gasteiger partial charge in [-0.3, -0.25) is 14.7 Å². The minimum Gasteiger partial charge on any atom is -0.489 e. The summed E-state index contributed by atoms with van der Waals surface area (Å²) in [7, 11) is 0. The fraction of sp³-hybridized carbons (Fsp3) is 0.333. The Morgan fingerprint density at radius 1 is 0.894 bits per heavy atom. The predicted molar refractivity (Wildman–Crippen MR) is 191 cm³/mol. The SMILES string of the molecule is CC(C)CCCN(C(=O)Nc1c(C(C)C)cc(-c2cccc(OCc3cccnc3)c2)cc1C(C)C)c1cc2cccnc2[nH]c1=O. The number of hydrogen-bond acceptors (Lipinski definition) is 5. The van der Waals surface area contributed by atoms with E-state index < -0.39 is 0 Å². The Hall–Kier alpha value is -4.98. The van der Waals surface area contributed by atoms with Crippen molar-refractivity contribution in [3.63, 3.8) is 0 Å². The predicted octanol–water partition coefficient (Wildman–Crippen LogP) is 9.29. The Bertz CT molecular complexity index is 1850. The van der Waals surface area contributed by atoms with Gasteiger partial charge in [-0.15, -0.1) is 0 Å². The maximum atomic E-state index is 14.2. The van der Waals surface area contributed by atoms with Gasteiger partial charge in [0.05, 0.1) is 0 Å². The summed E-state index contributed by atoms with van der Waals surface area (Å²) in [6, 6.07) is 21.4. The van der Waals surface area contributed by atoms with Crippen LogP contribution in [0.15, 0.2) is 90.1 Å². The monoisotopic (exact) mass is 631 g/mol. The van der Waals surface area contributed by atoms with Crippen LogP contribution in [0.1, 0.15) is 82.9 Å². The molecule has 0 saturated heterocycles. The Labute approximate surface area is 277 Å². The molecular formula is C39H45N5O3. The lowest BCUT2D eigenvalue weighted by atomic mass is 9.88. The number of amides is 2.